The van der Waals surface area contributed by atoms with Crippen molar-refractivity contribution in [2.24, 2.45) is 0 Å². The van der Waals surface area contributed by atoms with Crippen LogP contribution in [-0.2, 0) is 26.5 Å². The molecule has 0 fully saturated rings. The summed E-state index contributed by atoms with van der Waals surface area (Å²) in [6, 6.07) is 6.18. The van der Waals surface area contributed by atoms with E-state index in [1.54, 1.807) is 39.8 Å². The van der Waals surface area contributed by atoms with E-state index in [-0.39, 0.29) is 32.7 Å². The van der Waals surface area contributed by atoms with Crippen molar-refractivity contribution in [1.29, 1.82) is 0 Å². The van der Waals surface area contributed by atoms with Gasteiger partial charge in [0.2, 0.25) is 0 Å². The SMILES string of the molecule is Cc1cc(-n2[c-]c(F)c(F)c2F)nc(C(C)(C)c2cc(C)cc(-n3[c-]c(F)c(F)c3F)n2)c1.[Pt+2]. The number of rotatable bonds is 4. The van der Waals surface area contributed by atoms with Gasteiger partial charge in [-0.2, -0.15) is 0 Å². The molecule has 0 unspecified atom stereocenters. The van der Waals surface area contributed by atoms with Gasteiger partial charge in [-0.25, -0.2) is 8.78 Å². The minimum atomic E-state index is -1.67. The third kappa shape index (κ3) is 4.31. The molecule has 0 aliphatic heterocycles. The van der Waals surface area contributed by atoms with Crippen LogP contribution in [0.3, 0.4) is 0 Å². The molecule has 0 atom stereocenters. The summed E-state index contributed by atoms with van der Waals surface area (Å²) in [6.45, 7) is 6.81. The van der Waals surface area contributed by atoms with E-state index in [0.29, 0.717) is 31.6 Å². The third-order valence-electron chi connectivity index (χ3n) is 5.21. The zero-order valence-corrected chi connectivity index (χ0v) is 20.5. The first-order valence-corrected chi connectivity index (χ1v) is 9.68. The molecule has 0 bridgehead atoms. The molecule has 4 rings (SSSR count). The Labute approximate surface area is 205 Å². The fourth-order valence-electron chi connectivity index (χ4n) is 3.38. The van der Waals surface area contributed by atoms with Gasteiger partial charge in [0.15, 0.2) is 0 Å². The van der Waals surface area contributed by atoms with Gasteiger partial charge in [-0.3, -0.25) is 27.5 Å². The van der Waals surface area contributed by atoms with E-state index in [4.69, 9.17) is 0 Å². The molecule has 0 saturated carbocycles. The predicted octanol–water partition coefficient (Wildman–Crippen LogP) is 5.43. The van der Waals surface area contributed by atoms with Crippen molar-refractivity contribution in [3.63, 3.8) is 0 Å². The summed E-state index contributed by atoms with van der Waals surface area (Å²) in [4.78, 5) is 8.69. The van der Waals surface area contributed by atoms with E-state index >= 15 is 0 Å². The van der Waals surface area contributed by atoms with Crippen LogP contribution in [0.25, 0.3) is 11.6 Å². The quantitative estimate of drug-likeness (QED) is 0.217. The van der Waals surface area contributed by atoms with Gasteiger partial charge in [-0.1, -0.05) is 23.3 Å². The van der Waals surface area contributed by atoms with E-state index in [2.05, 4.69) is 9.97 Å². The summed E-state index contributed by atoms with van der Waals surface area (Å²) in [7, 11) is 0. The van der Waals surface area contributed by atoms with Gasteiger partial charge in [0, 0.05) is 16.8 Å². The van der Waals surface area contributed by atoms with Crippen LogP contribution in [0.2, 0.25) is 0 Å². The van der Waals surface area contributed by atoms with Gasteiger partial charge in [-0.05, 0) is 52.2 Å². The van der Waals surface area contributed by atoms with Gasteiger partial charge in [0.1, 0.15) is 11.9 Å². The smallest absolute Gasteiger partial charge is 0.401 e. The average Bonchev–Trinajstić information content (AvgIpc) is 3.17. The van der Waals surface area contributed by atoms with Crippen LogP contribution in [0.15, 0.2) is 24.3 Å². The fourth-order valence-corrected chi connectivity index (χ4v) is 3.38. The first-order valence-electron chi connectivity index (χ1n) is 9.68. The van der Waals surface area contributed by atoms with Crippen molar-refractivity contribution < 1.29 is 47.4 Å². The molecule has 0 aliphatic rings. The molecule has 0 aliphatic carbocycles. The van der Waals surface area contributed by atoms with Gasteiger partial charge < -0.3 is 9.13 Å². The Morgan fingerprint density at radius 3 is 1.32 bits per heavy atom. The minimum Gasteiger partial charge on any atom is -0.401 e. The first-order chi connectivity index (χ1) is 15.4. The largest absolute Gasteiger partial charge is 2.00 e. The Morgan fingerprint density at radius 2 is 1.03 bits per heavy atom. The van der Waals surface area contributed by atoms with Crippen LogP contribution >= 0.6 is 0 Å². The molecule has 0 radical (unpaired) electrons. The summed E-state index contributed by atoms with van der Waals surface area (Å²) >= 11 is 0. The maximum absolute atomic E-state index is 14.1. The molecule has 0 amide bonds. The van der Waals surface area contributed by atoms with E-state index in [0.717, 1.165) is 0 Å². The Hall–Kier alpha value is -2.87. The molecule has 11 heteroatoms. The molecule has 4 heterocycles. The number of aryl methyl sites for hydroxylation is 2. The van der Waals surface area contributed by atoms with Crippen LogP contribution in [0.4, 0.5) is 26.3 Å². The van der Waals surface area contributed by atoms with E-state index in [9.17, 15) is 26.3 Å². The molecule has 4 aromatic heterocycles. The zero-order valence-electron chi connectivity index (χ0n) is 18.2. The van der Waals surface area contributed by atoms with Crippen LogP contribution in [0.1, 0.15) is 36.4 Å². The molecule has 180 valence electrons. The molecular formula is C23H16F6N4Pt. The Morgan fingerprint density at radius 1 is 0.676 bits per heavy atom. The second kappa shape index (κ2) is 9.06. The number of halogens is 6. The monoisotopic (exact) mass is 657 g/mol. The second-order valence-electron chi connectivity index (χ2n) is 8.13. The molecule has 0 saturated heterocycles. The van der Waals surface area contributed by atoms with Gasteiger partial charge >= 0.3 is 21.1 Å². The maximum atomic E-state index is 14.1. The van der Waals surface area contributed by atoms with Crippen molar-refractivity contribution in [1.82, 2.24) is 19.1 Å². The molecule has 0 spiro atoms. The number of nitrogens with zero attached hydrogens (tertiary/aromatic N) is 4. The Balaban J connectivity index is 0.00000324. The summed E-state index contributed by atoms with van der Waals surface area (Å²) in [5.74, 6) is -9.49. The van der Waals surface area contributed by atoms with Crippen molar-refractivity contribution in [3.8, 4) is 11.6 Å². The van der Waals surface area contributed by atoms with E-state index in [1.165, 1.54) is 12.1 Å². The molecule has 0 aromatic carbocycles. The van der Waals surface area contributed by atoms with E-state index in [1.807, 2.05) is 12.4 Å². The topological polar surface area (TPSA) is 35.6 Å². The second-order valence-corrected chi connectivity index (χ2v) is 8.13. The summed E-state index contributed by atoms with van der Waals surface area (Å²) in [6.07, 6.45) is 3.86. The van der Waals surface area contributed by atoms with Crippen LogP contribution in [0, 0.1) is 61.4 Å². The van der Waals surface area contributed by atoms with Crippen molar-refractivity contribution in [2.75, 3.05) is 0 Å². The molecule has 4 aromatic rings. The number of hydrogen-bond donors (Lipinski definition) is 0. The Kier molecular flexibility index (Phi) is 6.86. The number of aromatic nitrogens is 4. The minimum absolute atomic E-state index is 0. The van der Waals surface area contributed by atoms with Crippen LogP contribution in [0.5, 0.6) is 0 Å². The summed E-state index contributed by atoms with van der Waals surface area (Å²) in [5, 5.41) is 0. The van der Waals surface area contributed by atoms with E-state index < -0.39 is 40.6 Å². The fraction of sp³-hybridized carbons (Fsp3) is 0.217. The maximum Gasteiger partial charge on any atom is 2.00 e. The normalized spacial score (nSPS) is 11.6. The average molecular weight is 657 g/mol. The zero-order chi connectivity index (χ0) is 24.2. The Bertz CT molecular complexity index is 1290. The van der Waals surface area contributed by atoms with Crippen LogP contribution in [-0.4, -0.2) is 19.1 Å². The van der Waals surface area contributed by atoms with Gasteiger partial charge in [-0.15, -0.1) is 0 Å². The first kappa shape index (κ1) is 25.7. The van der Waals surface area contributed by atoms with Crippen molar-refractivity contribution in [3.05, 3.63) is 94.3 Å². The summed E-state index contributed by atoms with van der Waals surface area (Å²) in [5.41, 5.74) is 0.902. The van der Waals surface area contributed by atoms with Crippen LogP contribution < -0.4 is 0 Å². The predicted molar refractivity (Wildman–Crippen MR) is 106 cm³/mol. The molecule has 34 heavy (non-hydrogen) atoms. The standard InChI is InChI=1S/C23H16F6N4.Pt/c1-11-5-15(30-17(7-11)32-9-13(24)19(26)21(32)28)23(3,4)16-6-12(2)8-18(31-16)33-10-14(25)20(27)22(33)29;/h5-8H,1-4H3;/q-2;+2. The molecular weight excluding hydrogens is 641 g/mol. The molecule has 4 nitrogen and oxygen atoms in total. The van der Waals surface area contributed by atoms with Crippen molar-refractivity contribution in [2.45, 2.75) is 33.1 Å². The third-order valence-corrected chi connectivity index (χ3v) is 5.21. The van der Waals surface area contributed by atoms with Gasteiger partial charge in [0.05, 0.1) is 34.9 Å². The number of hydrogen-bond acceptors (Lipinski definition) is 2. The summed E-state index contributed by atoms with van der Waals surface area (Å²) < 4.78 is 83.3. The number of pyridine rings is 2. The molecule has 0 N–H and O–H groups in total. The van der Waals surface area contributed by atoms with Gasteiger partial charge in [0.25, 0.3) is 0 Å². The van der Waals surface area contributed by atoms with Crippen molar-refractivity contribution >= 4 is 0 Å².